The van der Waals surface area contributed by atoms with Crippen molar-refractivity contribution in [1.29, 1.82) is 0 Å². The topological polar surface area (TPSA) is 105 Å². The maximum atomic E-state index is 13.1. The first-order valence-corrected chi connectivity index (χ1v) is 12.7. The van der Waals surface area contributed by atoms with Crippen LogP contribution >= 0.6 is 0 Å². The Labute approximate surface area is 217 Å². The Morgan fingerprint density at radius 3 is 2.59 bits per heavy atom. The van der Waals surface area contributed by atoms with Crippen molar-refractivity contribution in [2.45, 2.75) is 32.1 Å². The molecule has 4 rings (SSSR count). The number of nitrogens with one attached hydrogen (secondary N) is 1. The van der Waals surface area contributed by atoms with Gasteiger partial charge in [0.2, 0.25) is 13.1 Å². The summed E-state index contributed by atoms with van der Waals surface area (Å²) in [6.07, 6.45) is 1.87. The number of allylic oxidation sites excluding steroid dienone is 1. The molecule has 0 spiro atoms. The Morgan fingerprint density at radius 2 is 1.81 bits per heavy atom. The second-order valence-corrected chi connectivity index (χ2v) is 8.68. The van der Waals surface area contributed by atoms with Gasteiger partial charge in [-0.15, -0.1) is 0 Å². The molecule has 2 aromatic carbocycles. The van der Waals surface area contributed by atoms with Crippen molar-refractivity contribution in [1.82, 2.24) is 5.32 Å². The van der Waals surface area contributed by atoms with Gasteiger partial charge >= 0.3 is 0 Å². The van der Waals surface area contributed by atoms with Gasteiger partial charge in [0.15, 0.2) is 17.3 Å². The van der Waals surface area contributed by atoms with Gasteiger partial charge in [0.05, 0.1) is 26.4 Å². The van der Waals surface area contributed by atoms with Crippen LogP contribution in [0.4, 0.5) is 0 Å². The molecular weight excluding hydrogens is 478 g/mol. The smallest absolute Gasteiger partial charge is 0.286 e. The molecule has 200 valence electrons. The molecule has 0 bridgehead atoms. The molecule has 1 amide bonds. The largest absolute Gasteiger partial charge is 0.459 e. The Hall–Kier alpha value is -3.11. The number of carbonyl (C=O) groups is 1. The minimum atomic E-state index is -0.628. The van der Waals surface area contributed by atoms with Crippen LogP contribution in [0.2, 0.25) is 0 Å². The molecule has 0 fully saturated rings. The molecule has 2 N–H and O–H groups in total. The van der Waals surface area contributed by atoms with E-state index in [9.17, 15) is 4.79 Å². The van der Waals surface area contributed by atoms with Gasteiger partial charge in [0.25, 0.3) is 5.91 Å². The molecule has 2 aliphatic heterocycles. The van der Waals surface area contributed by atoms with E-state index in [0.29, 0.717) is 57.5 Å². The van der Waals surface area contributed by atoms with Crippen molar-refractivity contribution >= 4 is 5.91 Å². The van der Waals surface area contributed by atoms with Gasteiger partial charge < -0.3 is 38.8 Å². The minimum absolute atomic E-state index is 0.0136. The summed E-state index contributed by atoms with van der Waals surface area (Å²) in [4.78, 5) is 13.1. The molecule has 0 aliphatic carbocycles. The summed E-state index contributed by atoms with van der Waals surface area (Å²) < 4.78 is 34.2. The molecule has 9 nitrogen and oxygen atoms in total. The summed E-state index contributed by atoms with van der Waals surface area (Å²) in [5.74, 6) is 1.03. The molecule has 2 aromatic rings. The van der Waals surface area contributed by atoms with E-state index in [-0.39, 0.29) is 36.9 Å². The van der Waals surface area contributed by atoms with E-state index in [2.05, 4.69) is 5.32 Å². The highest BCUT2D eigenvalue weighted by Gasteiger charge is 2.38. The van der Waals surface area contributed by atoms with Crippen LogP contribution in [0, 0.1) is 5.92 Å². The van der Waals surface area contributed by atoms with Crippen LogP contribution in [0.15, 0.2) is 60.4 Å². The minimum Gasteiger partial charge on any atom is -0.459 e. The lowest BCUT2D eigenvalue weighted by Crippen LogP contribution is -2.39. The van der Waals surface area contributed by atoms with E-state index in [1.165, 1.54) is 0 Å². The van der Waals surface area contributed by atoms with Gasteiger partial charge in [-0.3, -0.25) is 4.79 Å². The molecule has 0 unspecified atom stereocenters. The normalized spacial score (nSPS) is 20.3. The lowest BCUT2D eigenvalue weighted by Gasteiger charge is -2.37. The summed E-state index contributed by atoms with van der Waals surface area (Å²) in [6, 6.07) is 15.5. The lowest BCUT2D eigenvalue weighted by atomic mass is 9.81. The SMILES string of the molecule is CCO[C@H]1OC(C(=O)NCc2ccccc2)=C[C@@H](c2ccc3c(c2)OCO3)[C@H]1CCOCCOCCO. The number of amides is 1. The summed E-state index contributed by atoms with van der Waals surface area (Å²) in [5, 5.41) is 11.8. The van der Waals surface area contributed by atoms with Crippen molar-refractivity contribution in [2.75, 3.05) is 46.4 Å². The van der Waals surface area contributed by atoms with Gasteiger partial charge in [-0.25, -0.2) is 0 Å². The van der Waals surface area contributed by atoms with Crippen molar-refractivity contribution in [3.05, 3.63) is 71.5 Å². The number of hydrogen-bond donors (Lipinski definition) is 2. The summed E-state index contributed by atoms with van der Waals surface area (Å²) in [6.45, 7) is 4.49. The number of fused-ring (bicyclic) bond motifs is 1. The summed E-state index contributed by atoms with van der Waals surface area (Å²) in [5.41, 5.74) is 1.97. The van der Waals surface area contributed by atoms with Crippen LogP contribution in [0.5, 0.6) is 11.5 Å². The van der Waals surface area contributed by atoms with Gasteiger partial charge in [-0.2, -0.15) is 0 Å². The van der Waals surface area contributed by atoms with Crippen LogP contribution in [-0.2, 0) is 30.3 Å². The number of aliphatic hydroxyl groups is 1. The van der Waals surface area contributed by atoms with E-state index >= 15 is 0 Å². The first-order chi connectivity index (χ1) is 18.2. The van der Waals surface area contributed by atoms with E-state index in [1.807, 2.05) is 61.5 Å². The molecule has 2 aliphatic rings. The zero-order valence-corrected chi connectivity index (χ0v) is 21.1. The molecule has 0 saturated carbocycles. The Bertz CT molecular complexity index is 1030. The molecule has 3 atom stereocenters. The van der Waals surface area contributed by atoms with Gasteiger partial charge in [0.1, 0.15) is 0 Å². The second-order valence-electron chi connectivity index (χ2n) is 8.68. The van der Waals surface area contributed by atoms with Crippen LogP contribution in [0.25, 0.3) is 0 Å². The molecule has 2 heterocycles. The number of hydrogen-bond acceptors (Lipinski definition) is 8. The molecule has 0 radical (unpaired) electrons. The predicted octanol–water partition coefficient (Wildman–Crippen LogP) is 3.12. The number of carbonyl (C=O) groups excluding carboxylic acids is 1. The van der Waals surface area contributed by atoms with E-state index in [1.54, 1.807) is 0 Å². The number of aliphatic hydroxyl groups excluding tert-OH is 1. The summed E-state index contributed by atoms with van der Waals surface area (Å²) in [7, 11) is 0. The summed E-state index contributed by atoms with van der Waals surface area (Å²) >= 11 is 0. The van der Waals surface area contributed by atoms with E-state index in [4.69, 9.17) is 33.5 Å². The molecule has 9 heteroatoms. The average molecular weight is 514 g/mol. The standard InChI is InChI=1S/C28H35NO8/c1-2-34-28-22(10-12-32-14-15-33-13-11-30)23(21-8-9-24-25(16-21)36-19-35-24)17-26(37-28)27(31)29-18-20-6-4-3-5-7-20/h3-9,16-17,22-23,28,30H,2,10-15,18-19H2,1H3,(H,29,31)/t22-,23+,28+/m1/s1. The second kappa shape index (κ2) is 14.0. The molecule has 0 saturated heterocycles. The monoisotopic (exact) mass is 513 g/mol. The third-order valence-corrected chi connectivity index (χ3v) is 6.22. The van der Waals surface area contributed by atoms with Crippen LogP contribution < -0.4 is 14.8 Å². The third-order valence-electron chi connectivity index (χ3n) is 6.22. The zero-order valence-electron chi connectivity index (χ0n) is 21.1. The van der Waals surface area contributed by atoms with Crippen molar-refractivity contribution < 1.29 is 38.3 Å². The van der Waals surface area contributed by atoms with Gasteiger partial charge in [0, 0.05) is 31.6 Å². The maximum Gasteiger partial charge on any atom is 0.286 e. The number of ether oxygens (including phenoxy) is 6. The van der Waals surface area contributed by atoms with Crippen LogP contribution in [0.3, 0.4) is 0 Å². The fourth-order valence-electron chi connectivity index (χ4n) is 4.41. The first kappa shape index (κ1) is 26.9. The Balaban J connectivity index is 1.51. The average Bonchev–Trinajstić information content (AvgIpc) is 3.40. The third kappa shape index (κ3) is 7.45. The van der Waals surface area contributed by atoms with Crippen molar-refractivity contribution in [3.63, 3.8) is 0 Å². The molecular formula is C28H35NO8. The van der Waals surface area contributed by atoms with Crippen LogP contribution in [-0.4, -0.2) is 63.7 Å². The van der Waals surface area contributed by atoms with Gasteiger partial charge in [-0.1, -0.05) is 36.4 Å². The predicted molar refractivity (Wildman–Crippen MR) is 135 cm³/mol. The molecule has 0 aromatic heterocycles. The van der Waals surface area contributed by atoms with Crippen molar-refractivity contribution in [2.24, 2.45) is 5.92 Å². The van der Waals surface area contributed by atoms with Crippen LogP contribution in [0.1, 0.15) is 30.4 Å². The van der Waals surface area contributed by atoms with Gasteiger partial charge in [-0.05, 0) is 42.7 Å². The first-order valence-electron chi connectivity index (χ1n) is 12.7. The highest BCUT2D eigenvalue weighted by Crippen LogP contribution is 2.42. The lowest BCUT2D eigenvalue weighted by molar-refractivity contribution is -0.168. The number of benzene rings is 2. The zero-order chi connectivity index (χ0) is 25.9. The fourth-order valence-corrected chi connectivity index (χ4v) is 4.41. The van der Waals surface area contributed by atoms with Crippen molar-refractivity contribution in [3.8, 4) is 11.5 Å². The van der Waals surface area contributed by atoms with E-state index in [0.717, 1.165) is 11.1 Å². The quantitative estimate of drug-likeness (QED) is 0.372. The van der Waals surface area contributed by atoms with E-state index < -0.39 is 6.29 Å². The fraction of sp³-hybridized carbons (Fsp3) is 0.464. The number of rotatable bonds is 14. The molecule has 37 heavy (non-hydrogen) atoms. The Kier molecular flexibility index (Phi) is 10.2. The Morgan fingerprint density at radius 1 is 1.03 bits per heavy atom. The maximum absolute atomic E-state index is 13.1. The highest BCUT2D eigenvalue weighted by molar-refractivity contribution is 5.91. The highest BCUT2D eigenvalue weighted by atomic mass is 16.7.